The summed E-state index contributed by atoms with van der Waals surface area (Å²) < 4.78 is 51.3. The largest absolute Gasteiger partial charge is 0.493 e. The third kappa shape index (κ3) is 7.95. The molecule has 1 aliphatic rings. The molecule has 6 rings (SSSR count). The highest BCUT2D eigenvalue weighted by Gasteiger charge is 2.26. The van der Waals surface area contributed by atoms with Crippen LogP contribution in [0.2, 0.25) is 5.02 Å². The lowest BCUT2D eigenvalue weighted by Gasteiger charge is -2.28. The Bertz CT molecular complexity index is 2030. The number of nitrogens with one attached hydrogen (secondary N) is 2. The lowest BCUT2D eigenvalue weighted by molar-refractivity contribution is 0.0935. The first-order chi connectivity index (χ1) is 25.8. The zero-order chi connectivity index (χ0) is 37.5. The maximum absolute atomic E-state index is 12.7. The second-order valence-electron chi connectivity index (χ2n) is 11.8. The molecule has 13 nitrogen and oxygen atoms in total. The monoisotopic (exact) mass is 745 g/mol. The zero-order valence-electron chi connectivity index (χ0n) is 30.2. The molecule has 2 N–H and O–H groups in total. The molecule has 14 heteroatoms. The molecule has 53 heavy (non-hydrogen) atoms. The fraction of sp³-hybridized carbons (Fsp3) is 0.282. The third-order valence-electron chi connectivity index (χ3n) is 8.58. The number of carbonyl (C=O) groups is 1. The van der Waals surface area contributed by atoms with E-state index < -0.39 is 6.17 Å². The number of aromatic nitrogens is 1. The van der Waals surface area contributed by atoms with Crippen LogP contribution in [0.1, 0.15) is 34.9 Å². The van der Waals surface area contributed by atoms with Crippen LogP contribution in [0, 0.1) is 0 Å². The van der Waals surface area contributed by atoms with E-state index in [0.29, 0.717) is 105 Å². The molecule has 0 spiro atoms. The highest BCUT2D eigenvalue weighted by Crippen LogP contribution is 2.44. The van der Waals surface area contributed by atoms with Gasteiger partial charge in [-0.15, -0.1) is 0 Å². The van der Waals surface area contributed by atoms with Crippen molar-refractivity contribution in [1.29, 1.82) is 0 Å². The number of amides is 1. The number of ether oxygens (including phenoxy) is 8. The van der Waals surface area contributed by atoms with Gasteiger partial charge < -0.3 is 53.1 Å². The second-order valence-corrected chi connectivity index (χ2v) is 12.2. The average molecular weight is 746 g/mol. The summed E-state index contributed by atoms with van der Waals surface area (Å²) in [6, 6.07) is 19.7. The van der Waals surface area contributed by atoms with Crippen molar-refractivity contribution in [3.05, 3.63) is 82.9 Å². The van der Waals surface area contributed by atoms with Crippen molar-refractivity contribution < 1.29 is 47.2 Å². The minimum absolute atomic E-state index is 0.212. The summed E-state index contributed by atoms with van der Waals surface area (Å²) in [6.45, 7) is 0.817. The molecule has 0 radical (unpaired) electrons. The van der Waals surface area contributed by atoms with Crippen LogP contribution >= 0.6 is 11.6 Å². The topological polar surface area (TPSA) is 141 Å². The van der Waals surface area contributed by atoms with Crippen LogP contribution in [-0.2, 0) is 0 Å². The van der Waals surface area contributed by atoms with Crippen LogP contribution in [0.25, 0.3) is 22.6 Å². The normalized spacial score (nSPS) is 13.3. The molecule has 0 aliphatic carbocycles. The number of carbonyl (C=O) groups excluding carboxylic acids is 1. The fourth-order valence-corrected chi connectivity index (χ4v) is 6.05. The Balaban J connectivity index is 1.06. The van der Waals surface area contributed by atoms with Crippen LogP contribution < -0.4 is 48.5 Å². The molecule has 1 aromatic heterocycles. The second kappa shape index (κ2) is 16.6. The summed E-state index contributed by atoms with van der Waals surface area (Å²) in [6.07, 6.45) is 0.951. The highest BCUT2D eigenvalue weighted by molar-refractivity contribution is 6.31. The number of hydrogen-bond donors (Lipinski definition) is 2. The number of fused-ring (bicyclic) bond motifs is 1. The lowest BCUT2D eigenvalue weighted by atomic mass is 10.1. The van der Waals surface area contributed by atoms with Gasteiger partial charge in [0.15, 0.2) is 40.3 Å². The van der Waals surface area contributed by atoms with E-state index in [1.54, 1.807) is 91.2 Å². The standard InChI is InChI=1S/C39H40ClN3O10/c1-45-31-15-22(38-41-27-11-10-25(40)20-26(27)39(44)42-38)9-12-29(31)51-13-7-8-14-52-37-34(48-4)18-24(19-35(37)49-5)30-21-28(43-53-30)23-16-32(46-2)36(50-6)33(17-23)47-3/h9-12,15-21,38,41H,7-8,13-14H2,1-6H3,(H,42,44). The summed E-state index contributed by atoms with van der Waals surface area (Å²) in [5.74, 6) is 4.32. The first kappa shape index (κ1) is 36.8. The zero-order valence-corrected chi connectivity index (χ0v) is 30.9. The Morgan fingerprint density at radius 1 is 0.642 bits per heavy atom. The predicted molar refractivity (Wildman–Crippen MR) is 199 cm³/mol. The smallest absolute Gasteiger partial charge is 0.255 e. The Kier molecular flexibility index (Phi) is 11.5. The molecule has 1 atom stereocenters. The number of halogens is 1. The Morgan fingerprint density at radius 3 is 1.91 bits per heavy atom. The van der Waals surface area contributed by atoms with Gasteiger partial charge in [-0.3, -0.25) is 4.79 Å². The van der Waals surface area contributed by atoms with Gasteiger partial charge in [-0.1, -0.05) is 22.8 Å². The van der Waals surface area contributed by atoms with Gasteiger partial charge in [0.25, 0.3) is 5.91 Å². The third-order valence-corrected chi connectivity index (χ3v) is 8.82. The highest BCUT2D eigenvalue weighted by atomic mass is 35.5. The summed E-state index contributed by atoms with van der Waals surface area (Å²) in [5, 5.41) is 11.1. The molecule has 278 valence electrons. The maximum atomic E-state index is 12.7. The van der Waals surface area contributed by atoms with E-state index in [1.807, 2.05) is 18.2 Å². The molecular formula is C39H40ClN3O10. The number of unbranched alkanes of at least 4 members (excludes halogenated alkanes) is 1. The van der Waals surface area contributed by atoms with E-state index >= 15 is 0 Å². The minimum atomic E-state index is -0.443. The van der Waals surface area contributed by atoms with Gasteiger partial charge in [-0.2, -0.15) is 0 Å². The van der Waals surface area contributed by atoms with Crippen molar-refractivity contribution in [1.82, 2.24) is 10.5 Å². The van der Waals surface area contributed by atoms with Gasteiger partial charge in [-0.25, -0.2) is 0 Å². The molecule has 4 aromatic carbocycles. The van der Waals surface area contributed by atoms with Crippen LogP contribution in [0.3, 0.4) is 0 Å². The molecule has 2 heterocycles. The van der Waals surface area contributed by atoms with Gasteiger partial charge in [0.2, 0.25) is 11.5 Å². The molecular weight excluding hydrogens is 706 g/mol. The first-order valence-corrected chi connectivity index (χ1v) is 17.0. The van der Waals surface area contributed by atoms with E-state index in [4.69, 9.17) is 54.0 Å². The summed E-state index contributed by atoms with van der Waals surface area (Å²) in [7, 11) is 9.36. The first-order valence-electron chi connectivity index (χ1n) is 16.6. The number of hydrogen-bond acceptors (Lipinski definition) is 12. The lowest BCUT2D eigenvalue weighted by Crippen LogP contribution is -2.38. The van der Waals surface area contributed by atoms with Crippen LogP contribution in [-0.4, -0.2) is 66.9 Å². The van der Waals surface area contributed by atoms with E-state index in [9.17, 15) is 4.79 Å². The van der Waals surface area contributed by atoms with E-state index in [1.165, 1.54) is 0 Å². The summed E-state index contributed by atoms with van der Waals surface area (Å²) >= 11 is 6.07. The minimum Gasteiger partial charge on any atom is -0.493 e. The van der Waals surface area contributed by atoms with Gasteiger partial charge in [0.05, 0.1) is 61.4 Å². The molecule has 0 saturated heterocycles. The molecule has 1 aliphatic heterocycles. The summed E-state index contributed by atoms with van der Waals surface area (Å²) in [4.78, 5) is 12.7. The predicted octanol–water partition coefficient (Wildman–Crippen LogP) is 7.81. The van der Waals surface area contributed by atoms with Crippen molar-refractivity contribution >= 4 is 23.2 Å². The molecule has 1 amide bonds. The SMILES string of the molecule is COc1cc(C2NC(=O)c3cc(Cl)ccc3N2)ccc1OCCCCOc1c(OC)cc(-c2cc(-c3cc(OC)c(OC)c(OC)c3)no2)cc1OC. The Morgan fingerprint density at radius 2 is 1.26 bits per heavy atom. The molecule has 5 aromatic rings. The number of methoxy groups -OCH3 is 6. The van der Waals surface area contributed by atoms with Crippen LogP contribution in [0.4, 0.5) is 5.69 Å². The molecule has 0 saturated carbocycles. The number of nitrogens with zero attached hydrogens (tertiary/aromatic N) is 1. The molecule has 1 unspecified atom stereocenters. The number of benzene rings is 4. The van der Waals surface area contributed by atoms with Gasteiger partial charge >= 0.3 is 0 Å². The van der Waals surface area contributed by atoms with E-state index in [2.05, 4.69) is 15.8 Å². The summed E-state index contributed by atoms with van der Waals surface area (Å²) in [5.41, 5.74) is 3.98. The van der Waals surface area contributed by atoms with E-state index in [0.717, 1.165) is 11.1 Å². The van der Waals surface area contributed by atoms with Gasteiger partial charge in [-0.05, 0) is 73.0 Å². The van der Waals surface area contributed by atoms with Crippen molar-refractivity contribution in [2.24, 2.45) is 0 Å². The van der Waals surface area contributed by atoms with Gasteiger partial charge in [0, 0.05) is 27.9 Å². The van der Waals surface area contributed by atoms with Crippen LogP contribution in [0.15, 0.2) is 71.3 Å². The van der Waals surface area contributed by atoms with Crippen molar-refractivity contribution in [2.45, 2.75) is 19.0 Å². The quantitative estimate of drug-likeness (QED) is 0.0952. The molecule has 0 fully saturated rings. The van der Waals surface area contributed by atoms with Crippen molar-refractivity contribution in [3.8, 4) is 68.6 Å². The number of rotatable bonds is 16. The maximum Gasteiger partial charge on any atom is 0.255 e. The molecule has 0 bridgehead atoms. The van der Waals surface area contributed by atoms with Crippen molar-refractivity contribution in [3.63, 3.8) is 0 Å². The van der Waals surface area contributed by atoms with Gasteiger partial charge in [0.1, 0.15) is 11.9 Å². The Labute approximate surface area is 311 Å². The van der Waals surface area contributed by atoms with Crippen molar-refractivity contribution in [2.75, 3.05) is 61.2 Å². The Hall–Kier alpha value is -5.95. The number of anilines is 1. The van der Waals surface area contributed by atoms with E-state index in [-0.39, 0.29) is 5.91 Å². The van der Waals surface area contributed by atoms with Crippen LogP contribution in [0.5, 0.6) is 46.0 Å². The fourth-order valence-electron chi connectivity index (χ4n) is 5.88. The average Bonchev–Trinajstić information content (AvgIpc) is 3.69.